The molecule has 0 spiro atoms. The van der Waals surface area contributed by atoms with Crippen LogP contribution in [-0.4, -0.2) is 11.6 Å². The summed E-state index contributed by atoms with van der Waals surface area (Å²) < 4.78 is 5.37. The summed E-state index contributed by atoms with van der Waals surface area (Å²) in [6, 6.07) is 0. The molecule has 1 aliphatic heterocycles. The Labute approximate surface area is 117 Å². The molecule has 1 saturated heterocycles. The van der Waals surface area contributed by atoms with Crippen molar-refractivity contribution in [2.45, 2.75) is 26.4 Å². The Bertz CT molecular complexity index is 125. The molecule has 0 saturated carbocycles. The minimum Gasteiger partial charge on any atom is -0.870 e. The standard InChI is InChI=1S/C8H13O.H2O.Rb/c1-4-8-5-6(2)7(3)9-8;;/h5-6,8H,3-4H2,1-2H3;1H2;/q-1;;+1/p-1/t6-,8-;;/m1../s1. The van der Waals surface area contributed by atoms with Gasteiger partial charge < -0.3 is 10.2 Å². The molecule has 0 radical (unpaired) electrons. The van der Waals surface area contributed by atoms with Gasteiger partial charge in [-0.3, -0.25) is 6.42 Å². The molecule has 0 aromatic heterocycles. The predicted octanol–water partition coefficient (Wildman–Crippen LogP) is -1.02. The number of ether oxygens (including phenoxy) is 1. The molecule has 1 fully saturated rings. The van der Waals surface area contributed by atoms with E-state index in [0.29, 0.717) is 12.0 Å². The minimum absolute atomic E-state index is 0. The smallest absolute Gasteiger partial charge is 0.870 e. The second-order valence-corrected chi connectivity index (χ2v) is 2.51. The number of hydrogen-bond acceptors (Lipinski definition) is 2. The average molecular weight is 228 g/mol. The molecule has 0 aromatic rings. The molecule has 0 unspecified atom stereocenters. The molecule has 0 aliphatic carbocycles. The van der Waals surface area contributed by atoms with E-state index in [1.165, 1.54) is 0 Å². The summed E-state index contributed by atoms with van der Waals surface area (Å²) in [6.07, 6.45) is 3.58. The van der Waals surface area contributed by atoms with Gasteiger partial charge in [-0.25, -0.2) is 0 Å². The second-order valence-electron chi connectivity index (χ2n) is 2.51. The van der Waals surface area contributed by atoms with Crippen LogP contribution < -0.4 is 58.2 Å². The summed E-state index contributed by atoms with van der Waals surface area (Å²) in [5, 5.41) is 0. The summed E-state index contributed by atoms with van der Waals surface area (Å²) in [6.45, 7) is 8.01. The summed E-state index contributed by atoms with van der Waals surface area (Å²) in [5.41, 5.74) is 0. The molecule has 60 valence electrons. The zero-order valence-corrected chi connectivity index (χ0v) is 12.4. The summed E-state index contributed by atoms with van der Waals surface area (Å²) in [4.78, 5) is 0. The van der Waals surface area contributed by atoms with Crippen LogP contribution >= 0.6 is 0 Å². The molecular formula is C8H14O2Rb-. The van der Waals surface area contributed by atoms with E-state index in [0.717, 1.165) is 12.2 Å². The number of allylic oxidation sites excluding steroid dienone is 1. The molecule has 11 heavy (non-hydrogen) atoms. The molecule has 3 heteroatoms. The van der Waals surface area contributed by atoms with Gasteiger partial charge in [-0.2, -0.15) is 0 Å². The van der Waals surface area contributed by atoms with Gasteiger partial charge in [-0.15, -0.1) is 5.92 Å². The van der Waals surface area contributed by atoms with Crippen LogP contribution in [0.15, 0.2) is 12.3 Å². The Morgan fingerprint density at radius 3 is 2.36 bits per heavy atom. The van der Waals surface area contributed by atoms with Gasteiger partial charge in [0.25, 0.3) is 0 Å². The first kappa shape index (κ1) is 14.8. The van der Waals surface area contributed by atoms with Gasteiger partial charge in [-0.1, -0.05) is 20.4 Å². The van der Waals surface area contributed by atoms with E-state index in [4.69, 9.17) is 4.74 Å². The maximum Gasteiger partial charge on any atom is 1.00 e. The van der Waals surface area contributed by atoms with Crippen LogP contribution in [0.1, 0.15) is 20.3 Å². The van der Waals surface area contributed by atoms with Crippen molar-refractivity contribution in [3.8, 4) is 0 Å². The fourth-order valence-electron chi connectivity index (χ4n) is 0.990. The SMILES string of the molecule is C=C1O[C@H](CC)[CH-][C@H]1C.[OH-].[Rb+]. The van der Waals surface area contributed by atoms with E-state index in [-0.39, 0.29) is 63.7 Å². The first-order valence-electron chi connectivity index (χ1n) is 3.44. The fourth-order valence-corrected chi connectivity index (χ4v) is 0.990. The van der Waals surface area contributed by atoms with Gasteiger partial charge in [0.05, 0.1) is 5.76 Å². The third-order valence-corrected chi connectivity index (χ3v) is 1.72. The van der Waals surface area contributed by atoms with E-state index >= 15 is 0 Å². The van der Waals surface area contributed by atoms with Gasteiger partial charge in [0.2, 0.25) is 0 Å². The van der Waals surface area contributed by atoms with Crippen molar-refractivity contribution in [3.63, 3.8) is 0 Å². The molecule has 2 atom stereocenters. The van der Waals surface area contributed by atoms with E-state index in [9.17, 15) is 0 Å². The van der Waals surface area contributed by atoms with Crippen LogP contribution in [0.5, 0.6) is 0 Å². The average Bonchev–Trinajstić information content (AvgIpc) is 2.13. The van der Waals surface area contributed by atoms with Gasteiger partial charge in [-0.05, 0) is 12.5 Å². The predicted molar refractivity (Wildman–Crippen MR) is 39.7 cm³/mol. The molecule has 0 bridgehead atoms. The maximum absolute atomic E-state index is 5.37. The topological polar surface area (TPSA) is 39.2 Å². The van der Waals surface area contributed by atoms with Crippen molar-refractivity contribution in [2.75, 3.05) is 0 Å². The molecule has 0 aromatic carbocycles. The van der Waals surface area contributed by atoms with Crippen LogP contribution in [0.3, 0.4) is 0 Å². The minimum atomic E-state index is 0. The van der Waals surface area contributed by atoms with Gasteiger partial charge in [0.15, 0.2) is 0 Å². The zero-order valence-electron chi connectivity index (χ0n) is 7.50. The van der Waals surface area contributed by atoms with E-state index in [1.54, 1.807) is 0 Å². The van der Waals surface area contributed by atoms with Crippen LogP contribution in [0.4, 0.5) is 0 Å². The summed E-state index contributed by atoms with van der Waals surface area (Å²) >= 11 is 0. The number of rotatable bonds is 1. The monoisotopic (exact) mass is 227 g/mol. The van der Waals surface area contributed by atoms with Crippen LogP contribution in [0, 0.1) is 12.3 Å². The third kappa shape index (κ3) is 4.18. The first-order chi connectivity index (χ1) is 4.24. The molecular weight excluding hydrogens is 214 g/mol. The van der Waals surface area contributed by atoms with Crippen LogP contribution in [-0.2, 0) is 4.74 Å². The summed E-state index contributed by atoms with van der Waals surface area (Å²) in [5.74, 6) is 1.37. The van der Waals surface area contributed by atoms with Crippen molar-refractivity contribution in [1.82, 2.24) is 0 Å². The van der Waals surface area contributed by atoms with Gasteiger partial charge in [0, 0.05) is 0 Å². The van der Waals surface area contributed by atoms with E-state index in [1.807, 2.05) is 0 Å². The van der Waals surface area contributed by atoms with Crippen molar-refractivity contribution >= 4 is 0 Å². The number of hydrogen-bond donors (Lipinski definition) is 0. The largest absolute Gasteiger partial charge is 1.00 e. The third-order valence-electron chi connectivity index (χ3n) is 1.72. The Morgan fingerprint density at radius 2 is 2.18 bits per heavy atom. The molecule has 1 heterocycles. The van der Waals surface area contributed by atoms with Crippen molar-refractivity contribution in [3.05, 3.63) is 18.8 Å². The molecule has 1 rings (SSSR count). The first-order valence-corrected chi connectivity index (χ1v) is 3.44. The second kappa shape index (κ2) is 6.78. The quantitative estimate of drug-likeness (QED) is 0.538. The van der Waals surface area contributed by atoms with Crippen LogP contribution in [0.25, 0.3) is 0 Å². The Kier molecular flexibility index (Phi) is 9.13. The molecule has 1 N–H and O–H groups in total. The van der Waals surface area contributed by atoms with Crippen molar-refractivity contribution in [2.24, 2.45) is 5.92 Å². The fraction of sp³-hybridized carbons (Fsp3) is 0.625. The molecule has 1 aliphatic rings. The molecule has 0 amide bonds. The maximum atomic E-state index is 5.37. The molecule has 2 nitrogen and oxygen atoms in total. The van der Waals surface area contributed by atoms with Crippen molar-refractivity contribution < 1.29 is 68.4 Å². The van der Waals surface area contributed by atoms with Crippen LogP contribution in [0.2, 0.25) is 0 Å². The zero-order chi connectivity index (χ0) is 6.85. The van der Waals surface area contributed by atoms with E-state index < -0.39 is 0 Å². The van der Waals surface area contributed by atoms with E-state index in [2.05, 4.69) is 26.8 Å². The van der Waals surface area contributed by atoms with Gasteiger partial charge in [0.1, 0.15) is 0 Å². The van der Waals surface area contributed by atoms with Crippen molar-refractivity contribution in [1.29, 1.82) is 0 Å². The normalized spacial score (nSPS) is 28.4. The van der Waals surface area contributed by atoms with Gasteiger partial charge >= 0.3 is 58.2 Å². The Hall–Kier alpha value is 1.31. The Morgan fingerprint density at radius 1 is 1.64 bits per heavy atom. The Balaban J connectivity index is 0. The summed E-state index contributed by atoms with van der Waals surface area (Å²) in [7, 11) is 0.